The maximum Gasteiger partial charge on any atom is 0.0688 e. The molecule has 0 aromatic carbocycles. The predicted octanol–water partition coefficient (Wildman–Crippen LogP) is 3.28. The molecule has 0 fully saturated rings. The molecule has 1 rings (SSSR count). The van der Waals surface area contributed by atoms with E-state index in [9.17, 15) is 0 Å². The molecule has 0 bridgehead atoms. The molecule has 0 radical (unpaired) electrons. The topological polar surface area (TPSA) is 12.9 Å². The normalized spacial score (nSPS) is 12.3. The molecule has 0 aliphatic rings. The number of aromatic nitrogens is 1. The minimum absolute atomic E-state index is 1.07. The van der Waals surface area contributed by atoms with Crippen LogP contribution in [-0.2, 0) is 0 Å². The van der Waals surface area contributed by atoms with Crippen molar-refractivity contribution in [3.8, 4) is 0 Å². The second-order valence-electron chi connectivity index (χ2n) is 4.40. The Morgan fingerprint density at radius 3 is 2.46 bits per heavy atom. The van der Waals surface area contributed by atoms with Crippen LogP contribution in [0.4, 0.5) is 0 Å². The Bertz CT molecular complexity index is 310. The van der Waals surface area contributed by atoms with Gasteiger partial charge in [-0.1, -0.05) is 31.4 Å². The first-order chi connectivity index (χ1) is 5.97. The minimum Gasteiger partial charge on any atom is -0.254 e. The second-order valence-corrected chi connectivity index (χ2v) is 9.47. The molecule has 0 amide bonds. The lowest BCUT2D eigenvalue weighted by Gasteiger charge is -2.07. The van der Waals surface area contributed by atoms with Crippen LogP contribution in [0.5, 0.6) is 0 Å². The Kier molecular flexibility index (Phi) is 3.04. The molecule has 1 nitrogen and oxygen atoms in total. The Hall–Kier alpha value is -0.893. The molecule has 2 heteroatoms. The van der Waals surface area contributed by atoms with Gasteiger partial charge in [0.15, 0.2) is 0 Å². The fourth-order valence-electron chi connectivity index (χ4n) is 0.992. The zero-order valence-electron chi connectivity index (χ0n) is 8.83. The van der Waals surface area contributed by atoms with Crippen molar-refractivity contribution < 1.29 is 0 Å². The third-order valence-corrected chi connectivity index (χ3v) is 2.83. The first kappa shape index (κ1) is 10.2. The van der Waals surface area contributed by atoms with Gasteiger partial charge in [-0.15, -0.1) is 0 Å². The van der Waals surface area contributed by atoms with Crippen LogP contribution in [0.2, 0.25) is 19.6 Å². The number of nitrogens with zero attached hydrogens (tertiary/aromatic N) is 1. The second kappa shape index (κ2) is 3.88. The van der Waals surface area contributed by atoms with Crippen LogP contribution < -0.4 is 0 Å². The Morgan fingerprint density at radius 2 is 1.92 bits per heavy atom. The van der Waals surface area contributed by atoms with E-state index in [1.807, 2.05) is 25.1 Å². The molecule has 0 aliphatic heterocycles. The summed E-state index contributed by atoms with van der Waals surface area (Å²) in [6, 6.07) is 6.11. The average molecular weight is 191 g/mol. The summed E-state index contributed by atoms with van der Waals surface area (Å²) in [6.45, 7) is 8.98. The van der Waals surface area contributed by atoms with Crippen LogP contribution in [0.15, 0.2) is 23.9 Å². The molecule has 70 valence electrons. The Labute approximate surface area is 81.5 Å². The predicted molar refractivity (Wildman–Crippen MR) is 61.4 cm³/mol. The van der Waals surface area contributed by atoms with Gasteiger partial charge in [0.1, 0.15) is 0 Å². The number of pyridine rings is 1. The Balaban J connectivity index is 2.80. The zero-order valence-corrected chi connectivity index (χ0v) is 9.83. The van der Waals surface area contributed by atoms with E-state index in [0.717, 1.165) is 11.4 Å². The molecule has 1 heterocycles. The average Bonchev–Trinajstić information content (AvgIpc) is 2.00. The van der Waals surface area contributed by atoms with Crippen LogP contribution in [0, 0.1) is 6.92 Å². The maximum atomic E-state index is 4.41. The molecule has 0 saturated carbocycles. The molecular weight excluding hydrogens is 174 g/mol. The number of hydrogen-bond donors (Lipinski definition) is 0. The van der Waals surface area contributed by atoms with Crippen molar-refractivity contribution in [2.24, 2.45) is 0 Å². The summed E-state index contributed by atoms with van der Waals surface area (Å²) in [4.78, 5) is 4.41. The smallest absolute Gasteiger partial charge is 0.0688 e. The van der Waals surface area contributed by atoms with E-state index in [-0.39, 0.29) is 0 Å². The van der Waals surface area contributed by atoms with Gasteiger partial charge >= 0.3 is 0 Å². The highest BCUT2D eigenvalue weighted by molar-refractivity contribution is 6.81. The SMILES string of the molecule is Cc1cccc(/C=C/[Si](C)(C)C)n1. The summed E-state index contributed by atoms with van der Waals surface area (Å²) in [5, 5.41) is 0. The monoisotopic (exact) mass is 191 g/mol. The van der Waals surface area contributed by atoms with E-state index in [4.69, 9.17) is 0 Å². The van der Waals surface area contributed by atoms with E-state index >= 15 is 0 Å². The van der Waals surface area contributed by atoms with Gasteiger partial charge in [0.05, 0.1) is 13.8 Å². The molecule has 0 unspecified atom stereocenters. The van der Waals surface area contributed by atoms with Gasteiger partial charge in [-0.3, -0.25) is 4.98 Å². The van der Waals surface area contributed by atoms with Crippen LogP contribution in [0.25, 0.3) is 6.08 Å². The van der Waals surface area contributed by atoms with Gasteiger partial charge < -0.3 is 0 Å². The molecule has 13 heavy (non-hydrogen) atoms. The standard InChI is InChI=1S/C11H17NSi/c1-10-6-5-7-11(12-10)8-9-13(2,3)4/h5-9H,1-4H3/b9-8+. The van der Waals surface area contributed by atoms with Crippen LogP contribution in [0.1, 0.15) is 11.4 Å². The van der Waals surface area contributed by atoms with Gasteiger partial charge in [0.2, 0.25) is 0 Å². The lowest BCUT2D eigenvalue weighted by Crippen LogP contribution is -2.15. The van der Waals surface area contributed by atoms with Gasteiger partial charge in [0, 0.05) is 5.69 Å². The summed E-state index contributed by atoms with van der Waals surface area (Å²) >= 11 is 0. The molecule has 0 atom stereocenters. The molecular formula is C11H17NSi. The third kappa shape index (κ3) is 4.04. The lowest BCUT2D eigenvalue weighted by molar-refractivity contribution is 1.18. The van der Waals surface area contributed by atoms with Crippen molar-refractivity contribution in [1.29, 1.82) is 0 Å². The summed E-state index contributed by atoms with van der Waals surface area (Å²) in [6.07, 6.45) is 2.14. The van der Waals surface area contributed by atoms with Crippen molar-refractivity contribution in [2.75, 3.05) is 0 Å². The molecule has 0 saturated heterocycles. The largest absolute Gasteiger partial charge is 0.254 e. The number of aryl methyl sites for hydroxylation is 1. The highest BCUT2D eigenvalue weighted by Crippen LogP contribution is 2.06. The minimum atomic E-state index is -1.08. The van der Waals surface area contributed by atoms with Crippen molar-refractivity contribution in [1.82, 2.24) is 4.98 Å². The highest BCUT2D eigenvalue weighted by atomic mass is 28.3. The fraction of sp³-hybridized carbons (Fsp3) is 0.364. The molecule has 0 spiro atoms. The van der Waals surface area contributed by atoms with Crippen LogP contribution in [0.3, 0.4) is 0 Å². The van der Waals surface area contributed by atoms with E-state index in [2.05, 4.69) is 36.4 Å². The van der Waals surface area contributed by atoms with E-state index in [0.29, 0.717) is 0 Å². The number of rotatable bonds is 2. The molecule has 0 aliphatic carbocycles. The van der Waals surface area contributed by atoms with Crippen molar-refractivity contribution in [2.45, 2.75) is 26.6 Å². The molecule has 1 aromatic heterocycles. The summed E-state index contributed by atoms with van der Waals surface area (Å²) in [7, 11) is -1.08. The lowest BCUT2D eigenvalue weighted by atomic mass is 10.3. The van der Waals surface area contributed by atoms with Crippen LogP contribution in [-0.4, -0.2) is 13.1 Å². The first-order valence-electron chi connectivity index (χ1n) is 4.60. The van der Waals surface area contributed by atoms with Crippen molar-refractivity contribution in [3.05, 3.63) is 35.3 Å². The Morgan fingerprint density at radius 1 is 1.23 bits per heavy atom. The first-order valence-corrected chi connectivity index (χ1v) is 8.18. The van der Waals surface area contributed by atoms with E-state index in [1.54, 1.807) is 0 Å². The van der Waals surface area contributed by atoms with Crippen molar-refractivity contribution >= 4 is 14.1 Å². The van der Waals surface area contributed by atoms with Gasteiger partial charge in [0.25, 0.3) is 0 Å². The summed E-state index contributed by atoms with van der Waals surface area (Å²) in [5.74, 6) is 0. The fourth-order valence-corrected chi connectivity index (χ4v) is 1.66. The summed E-state index contributed by atoms with van der Waals surface area (Å²) in [5.41, 5.74) is 4.47. The van der Waals surface area contributed by atoms with E-state index < -0.39 is 8.07 Å². The number of hydrogen-bond acceptors (Lipinski definition) is 1. The highest BCUT2D eigenvalue weighted by Gasteiger charge is 2.06. The maximum absolute atomic E-state index is 4.41. The van der Waals surface area contributed by atoms with Crippen molar-refractivity contribution in [3.63, 3.8) is 0 Å². The van der Waals surface area contributed by atoms with Gasteiger partial charge in [-0.25, -0.2) is 0 Å². The third-order valence-electron chi connectivity index (χ3n) is 1.66. The van der Waals surface area contributed by atoms with E-state index in [1.165, 1.54) is 0 Å². The van der Waals surface area contributed by atoms with Gasteiger partial charge in [-0.2, -0.15) is 0 Å². The van der Waals surface area contributed by atoms with Gasteiger partial charge in [-0.05, 0) is 25.1 Å². The quantitative estimate of drug-likeness (QED) is 0.654. The molecule has 0 N–H and O–H groups in total. The zero-order chi connectivity index (χ0) is 9.90. The molecule has 1 aromatic rings. The summed E-state index contributed by atoms with van der Waals surface area (Å²) < 4.78 is 0. The van der Waals surface area contributed by atoms with Crippen LogP contribution >= 0.6 is 0 Å².